The molecule has 3 aromatic rings. The summed E-state index contributed by atoms with van der Waals surface area (Å²) in [7, 11) is 0. The molecule has 0 unspecified atom stereocenters. The summed E-state index contributed by atoms with van der Waals surface area (Å²) in [6.45, 7) is 1.83. The Morgan fingerprint density at radius 3 is 2.43 bits per heavy atom. The summed E-state index contributed by atoms with van der Waals surface area (Å²) in [5.74, 6) is -0.0937. The lowest BCUT2D eigenvalue weighted by atomic mass is 10.3. The number of nitrogens with zero attached hydrogens (tertiary/aromatic N) is 4. The van der Waals surface area contributed by atoms with Crippen molar-refractivity contribution >= 4 is 23.4 Å². The highest BCUT2D eigenvalue weighted by Crippen LogP contribution is 2.23. The fourth-order valence-corrected chi connectivity index (χ4v) is 2.77. The van der Waals surface area contributed by atoms with Gasteiger partial charge in [-0.05, 0) is 41.6 Å². The van der Waals surface area contributed by atoms with Crippen molar-refractivity contribution in [2.24, 2.45) is 0 Å². The van der Waals surface area contributed by atoms with E-state index < -0.39 is 0 Å². The van der Waals surface area contributed by atoms with Crippen molar-refractivity contribution in [1.82, 2.24) is 20.2 Å². The van der Waals surface area contributed by atoms with Crippen molar-refractivity contribution in [2.75, 3.05) is 5.32 Å². The van der Waals surface area contributed by atoms with Crippen LogP contribution in [-0.4, -0.2) is 31.4 Å². The molecule has 0 aliphatic rings. The Morgan fingerprint density at radius 1 is 1.09 bits per heavy atom. The van der Waals surface area contributed by atoms with Gasteiger partial charge in [0.25, 0.3) is 0 Å². The Kier molecular flexibility index (Phi) is 4.68. The van der Waals surface area contributed by atoms with Crippen LogP contribution in [0.1, 0.15) is 6.92 Å². The van der Waals surface area contributed by atoms with Crippen LogP contribution in [0.3, 0.4) is 0 Å². The molecule has 0 aliphatic carbocycles. The maximum Gasteiger partial charge on any atom is 0.237 e. The van der Waals surface area contributed by atoms with Gasteiger partial charge >= 0.3 is 0 Å². The second-order valence-electron chi connectivity index (χ2n) is 4.82. The minimum Gasteiger partial charge on any atom is -0.325 e. The number of hydrogen-bond acceptors (Lipinski definition) is 5. The van der Waals surface area contributed by atoms with Crippen LogP contribution in [0.2, 0.25) is 0 Å². The number of amides is 1. The third-order valence-electron chi connectivity index (χ3n) is 3.13. The molecule has 116 valence electrons. The van der Waals surface area contributed by atoms with Crippen LogP contribution < -0.4 is 5.32 Å². The zero-order chi connectivity index (χ0) is 16.1. The predicted molar refractivity (Wildman–Crippen MR) is 89.5 cm³/mol. The zero-order valence-corrected chi connectivity index (χ0v) is 13.3. The first-order valence-corrected chi connectivity index (χ1v) is 7.98. The second-order valence-corrected chi connectivity index (χ2v) is 6.13. The van der Waals surface area contributed by atoms with Gasteiger partial charge in [-0.2, -0.15) is 4.68 Å². The molecule has 1 amide bonds. The summed E-state index contributed by atoms with van der Waals surface area (Å²) >= 11 is 1.31. The van der Waals surface area contributed by atoms with E-state index in [1.807, 2.05) is 67.6 Å². The maximum atomic E-state index is 12.3. The second kappa shape index (κ2) is 7.06. The van der Waals surface area contributed by atoms with Crippen LogP contribution in [0.5, 0.6) is 0 Å². The van der Waals surface area contributed by atoms with E-state index >= 15 is 0 Å². The average Bonchev–Trinajstić information content (AvgIpc) is 3.04. The van der Waals surface area contributed by atoms with Gasteiger partial charge in [-0.3, -0.25) is 4.79 Å². The van der Waals surface area contributed by atoms with Crippen molar-refractivity contribution in [2.45, 2.75) is 17.3 Å². The van der Waals surface area contributed by atoms with Crippen LogP contribution in [0.15, 0.2) is 65.8 Å². The van der Waals surface area contributed by atoms with Gasteiger partial charge in [-0.15, -0.1) is 5.10 Å². The number of hydrogen-bond donors (Lipinski definition) is 1. The van der Waals surface area contributed by atoms with Gasteiger partial charge in [0, 0.05) is 5.69 Å². The number of carbonyl (C=O) groups excluding carboxylic acids is 1. The van der Waals surface area contributed by atoms with Gasteiger partial charge in [0.2, 0.25) is 11.1 Å². The third-order valence-corrected chi connectivity index (χ3v) is 4.17. The lowest BCUT2D eigenvalue weighted by molar-refractivity contribution is -0.115. The molecule has 0 aliphatic heterocycles. The Labute approximate surface area is 137 Å². The number of carbonyl (C=O) groups is 1. The lowest BCUT2D eigenvalue weighted by Gasteiger charge is -2.11. The van der Waals surface area contributed by atoms with E-state index in [1.54, 1.807) is 4.68 Å². The standard InChI is InChI=1S/C16H15N5OS/c1-12(15(22)17-13-8-4-2-5-9-13)23-16-18-19-20-21(16)14-10-6-3-7-11-14/h2-12H,1H3,(H,17,22)/t12-/m1/s1. The lowest BCUT2D eigenvalue weighted by Crippen LogP contribution is -2.22. The summed E-state index contributed by atoms with van der Waals surface area (Å²) in [6, 6.07) is 18.9. The first-order chi connectivity index (χ1) is 11.2. The summed E-state index contributed by atoms with van der Waals surface area (Å²) in [6.07, 6.45) is 0. The number of aromatic nitrogens is 4. The van der Waals surface area contributed by atoms with Gasteiger partial charge in [-0.25, -0.2) is 0 Å². The maximum absolute atomic E-state index is 12.3. The Balaban J connectivity index is 1.70. The van der Waals surface area contributed by atoms with E-state index in [-0.39, 0.29) is 11.2 Å². The number of benzene rings is 2. The molecular weight excluding hydrogens is 310 g/mol. The molecule has 0 bridgehead atoms. The molecule has 7 heteroatoms. The number of nitrogens with one attached hydrogen (secondary N) is 1. The number of para-hydroxylation sites is 2. The molecule has 0 saturated carbocycles. The van der Waals surface area contributed by atoms with E-state index in [1.165, 1.54) is 11.8 Å². The predicted octanol–water partition coefficient (Wildman–Crippen LogP) is 2.78. The molecule has 23 heavy (non-hydrogen) atoms. The molecule has 6 nitrogen and oxygen atoms in total. The van der Waals surface area contributed by atoms with Crippen molar-refractivity contribution in [3.05, 3.63) is 60.7 Å². The molecule has 1 heterocycles. The van der Waals surface area contributed by atoms with Crippen molar-refractivity contribution in [3.8, 4) is 5.69 Å². The smallest absolute Gasteiger partial charge is 0.237 e. The minimum absolute atomic E-state index is 0.0937. The number of anilines is 1. The minimum atomic E-state index is -0.330. The van der Waals surface area contributed by atoms with E-state index in [4.69, 9.17) is 0 Å². The van der Waals surface area contributed by atoms with Crippen LogP contribution in [0, 0.1) is 0 Å². The molecule has 2 aromatic carbocycles. The molecule has 0 saturated heterocycles. The third kappa shape index (κ3) is 3.75. The molecule has 1 atom stereocenters. The van der Waals surface area contributed by atoms with Crippen LogP contribution in [0.4, 0.5) is 5.69 Å². The van der Waals surface area contributed by atoms with Crippen molar-refractivity contribution in [3.63, 3.8) is 0 Å². The first-order valence-electron chi connectivity index (χ1n) is 7.10. The van der Waals surface area contributed by atoms with Crippen molar-refractivity contribution in [1.29, 1.82) is 0 Å². The summed E-state index contributed by atoms with van der Waals surface area (Å²) < 4.78 is 1.62. The SMILES string of the molecule is C[C@@H](Sc1nnnn1-c1ccccc1)C(=O)Nc1ccccc1. The summed E-state index contributed by atoms with van der Waals surface area (Å²) in [5.41, 5.74) is 1.63. The Bertz CT molecular complexity index is 775. The highest BCUT2D eigenvalue weighted by atomic mass is 32.2. The normalized spacial score (nSPS) is 11.9. The largest absolute Gasteiger partial charge is 0.325 e. The zero-order valence-electron chi connectivity index (χ0n) is 12.5. The topological polar surface area (TPSA) is 72.7 Å². The Morgan fingerprint density at radius 2 is 1.74 bits per heavy atom. The average molecular weight is 325 g/mol. The fraction of sp³-hybridized carbons (Fsp3) is 0.125. The fourth-order valence-electron chi connectivity index (χ4n) is 1.96. The summed E-state index contributed by atoms with van der Waals surface area (Å²) in [5, 5.41) is 14.8. The van der Waals surface area contributed by atoms with Gasteiger partial charge in [0.15, 0.2) is 0 Å². The summed E-state index contributed by atoms with van der Waals surface area (Å²) in [4.78, 5) is 12.3. The molecular formula is C16H15N5OS. The van der Waals surface area contributed by atoms with Crippen LogP contribution in [-0.2, 0) is 4.79 Å². The van der Waals surface area contributed by atoms with Gasteiger partial charge in [-0.1, -0.05) is 48.2 Å². The van der Waals surface area contributed by atoms with E-state index in [0.29, 0.717) is 5.16 Å². The van der Waals surface area contributed by atoms with E-state index in [2.05, 4.69) is 20.8 Å². The highest BCUT2D eigenvalue weighted by molar-refractivity contribution is 8.00. The van der Waals surface area contributed by atoms with Gasteiger partial charge in [0.05, 0.1) is 10.9 Å². The molecule has 3 rings (SSSR count). The molecule has 0 radical (unpaired) electrons. The monoisotopic (exact) mass is 325 g/mol. The number of tetrazole rings is 1. The molecule has 1 aromatic heterocycles. The van der Waals surface area contributed by atoms with Crippen molar-refractivity contribution < 1.29 is 4.79 Å². The molecule has 1 N–H and O–H groups in total. The quantitative estimate of drug-likeness (QED) is 0.730. The van der Waals surface area contributed by atoms with Crippen LogP contribution in [0.25, 0.3) is 5.69 Å². The van der Waals surface area contributed by atoms with Crippen LogP contribution >= 0.6 is 11.8 Å². The van der Waals surface area contributed by atoms with Gasteiger partial charge < -0.3 is 5.32 Å². The number of thioether (sulfide) groups is 1. The first kappa shape index (κ1) is 15.2. The molecule has 0 fully saturated rings. The van der Waals surface area contributed by atoms with E-state index in [9.17, 15) is 4.79 Å². The molecule has 0 spiro atoms. The highest BCUT2D eigenvalue weighted by Gasteiger charge is 2.19. The Hall–Kier alpha value is -2.67. The number of rotatable bonds is 5. The van der Waals surface area contributed by atoms with E-state index in [0.717, 1.165) is 11.4 Å². The van der Waals surface area contributed by atoms with Gasteiger partial charge in [0.1, 0.15) is 0 Å².